The van der Waals surface area contributed by atoms with Crippen LogP contribution in [0.5, 0.6) is 0 Å². The van der Waals surface area contributed by atoms with Crippen LogP contribution in [0.15, 0.2) is 42.0 Å². The van der Waals surface area contributed by atoms with Crippen LogP contribution in [0.2, 0.25) is 0 Å². The summed E-state index contributed by atoms with van der Waals surface area (Å²) in [6.45, 7) is 4.51. The van der Waals surface area contributed by atoms with Crippen molar-refractivity contribution < 1.29 is 9.18 Å². The molecule has 1 aliphatic heterocycles. The summed E-state index contributed by atoms with van der Waals surface area (Å²) >= 11 is 1.49. The number of aryl methyl sites for hydroxylation is 1. The van der Waals surface area contributed by atoms with Gasteiger partial charge in [0.05, 0.1) is 10.7 Å². The SMILES string of the molecule is Cc1nc(C(=O)N2CCN(c3cc(-c4ccc(F)cc4)ncn3)CC2)cs1. The van der Waals surface area contributed by atoms with Gasteiger partial charge < -0.3 is 9.80 Å². The van der Waals surface area contributed by atoms with E-state index in [1.54, 1.807) is 12.1 Å². The molecule has 1 aliphatic rings. The van der Waals surface area contributed by atoms with Crippen molar-refractivity contribution in [2.24, 2.45) is 0 Å². The number of nitrogens with zero attached hydrogens (tertiary/aromatic N) is 5. The molecule has 0 unspecified atom stereocenters. The summed E-state index contributed by atoms with van der Waals surface area (Å²) in [6, 6.07) is 8.14. The van der Waals surface area contributed by atoms with Gasteiger partial charge in [0.15, 0.2) is 0 Å². The molecule has 3 aromatic rings. The highest BCUT2D eigenvalue weighted by Crippen LogP contribution is 2.22. The maximum absolute atomic E-state index is 13.1. The average molecular weight is 383 g/mol. The Morgan fingerprint density at radius 1 is 1.11 bits per heavy atom. The van der Waals surface area contributed by atoms with Gasteiger partial charge >= 0.3 is 0 Å². The lowest BCUT2D eigenvalue weighted by Gasteiger charge is -2.35. The molecule has 0 N–H and O–H groups in total. The molecule has 1 aromatic carbocycles. The fourth-order valence-electron chi connectivity index (χ4n) is 3.06. The van der Waals surface area contributed by atoms with Crippen LogP contribution in [-0.2, 0) is 0 Å². The Bertz CT molecular complexity index is 951. The number of benzene rings is 1. The lowest BCUT2D eigenvalue weighted by atomic mass is 10.1. The molecule has 138 valence electrons. The number of aromatic nitrogens is 3. The van der Waals surface area contributed by atoms with Crippen LogP contribution < -0.4 is 4.90 Å². The van der Waals surface area contributed by atoms with Gasteiger partial charge in [-0.25, -0.2) is 19.3 Å². The van der Waals surface area contributed by atoms with Crippen molar-refractivity contribution in [1.29, 1.82) is 0 Å². The van der Waals surface area contributed by atoms with E-state index < -0.39 is 0 Å². The predicted octanol–water partition coefficient (Wildman–Crippen LogP) is 3.01. The molecule has 0 radical (unpaired) electrons. The number of carbonyl (C=O) groups excluding carboxylic acids is 1. The number of amides is 1. The van der Waals surface area contributed by atoms with E-state index in [1.807, 2.05) is 23.3 Å². The van der Waals surface area contributed by atoms with E-state index in [2.05, 4.69) is 19.9 Å². The summed E-state index contributed by atoms with van der Waals surface area (Å²) in [5, 5.41) is 2.70. The van der Waals surface area contributed by atoms with Crippen molar-refractivity contribution in [3.05, 3.63) is 58.6 Å². The van der Waals surface area contributed by atoms with Crippen molar-refractivity contribution in [2.45, 2.75) is 6.92 Å². The van der Waals surface area contributed by atoms with Crippen molar-refractivity contribution in [3.8, 4) is 11.3 Å². The molecular formula is C19H18FN5OS. The van der Waals surface area contributed by atoms with Gasteiger partial charge in [0, 0.05) is 43.2 Å². The van der Waals surface area contributed by atoms with Gasteiger partial charge in [-0.2, -0.15) is 0 Å². The second-order valence-electron chi connectivity index (χ2n) is 6.30. The number of carbonyl (C=O) groups is 1. The first-order valence-corrected chi connectivity index (χ1v) is 9.52. The molecule has 4 rings (SSSR count). The monoisotopic (exact) mass is 383 g/mol. The first-order valence-electron chi connectivity index (χ1n) is 8.64. The first-order chi connectivity index (χ1) is 13.1. The maximum atomic E-state index is 13.1. The van der Waals surface area contributed by atoms with Gasteiger partial charge in [-0.15, -0.1) is 11.3 Å². The summed E-state index contributed by atoms with van der Waals surface area (Å²) in [4.78, 5) is 29.4. The highest BCUT2D eigenvalue weighted by molar-refractivity contribution is 7.09. The molecule has 1 fully saturated rings. The predicted molar refractivity (Wildman–Crippen MR) is 102 cm³/mol. The summed E-state index contributed by atoms with van der Waals surface area (Å²) in [7, 11) is 0. The van der Waals surface area contributed by atoms with Gasteiger partial charge in [-0.05, 0) is 31.2 Å². The van der Waals surface area contributed by atoms with Gasteiger partial charge in [0.1, 0.15) is 23.7 Å². The minimum Gasteiger partial charge on any atom is -0.353 e. The molecule has 2 aromatic heterocycles. The molecule has 0 saturated carbocycles. The van der Waals surface area contributed by atoms with Crippen molar-refractivity contribution >= 4 is 23.1 Å². The van der Waals surface area contributed by atoms with E-state index in [0.29, 0.717) is 31.9 Å². The Labute approximate surface area is 160 Å². The van der Waals surface area contributed by atoms with Crippen LogP contribution in [0, 0.1) is 12.7 Å². The molecule has 1 saturated heterocycles. The Hall–Kier alpha value is -2.87. The lowest BCUT2D eigenvalue weighted by Crippen LogP contribution is -2.49. The minimum absolute atomic E-state index is 0.0197. The summed E-state index contributed by atoms with van der Waals surface area (Å²) in [5.74, 6) is 0.513. The lowest BCUT2D eigenvalue weighted by molar-refractivity contribution is 0.0741. The Kier molecular flexibility index (Phi) is 4.81. The largest absolute Gasteiger partial charge is 0.353 e. The van der Waals surface area contributed by atoms with Crippen LogP contribution in [0.25, 0.3) is 11.3 Å². The zero-order chi connectivity index (χ0) is 18.8. The molecule has 0 atom stereocenters. The summed E-state index contributed by atoms with van der Waals surface area (Å²) < 4.78 is 13.1. The highest BCUT2D eigenvalue weighted by Gasteiger charge is 2.24. The summed E-state index contributed by atoms with van der Waals surface area (Å²) in [5.41, 5.74) is 2.11. The molecule has 8 heteroatoms. The number of piperazine rings is 1. The molecule has 3 heterocycles. The van der Waals surface area contributed by atoms with E-state index in [1.165, 1.54) is 29.8 Å². The average Bonchev–Trinajstić information content (AvgIpc) is 3.14. The van der Waals surface area contributed by atoms with E-state index >= 15 is 0 Å². The molecule has 0 spiro atoms. The third kappa shape index (κ3) is 3.80. The zero-order valence-electron chi connectivity index (χ0n) is 14.8. The van der Waals surface area contributed by atoms with Gasteiger partial charge in [0.25, 0.3) is 5.91 Å². The van der Waals surface area contributed by atoms with Crippen LogP contribution in [0.1, 0.15) is 15.5 Å². The first kappa shape index (κ1) is 17.5. The maximum Gasteiger partial charge on any atom is 0.273 e. The second kappa shape index (κ2) is 7.40. The smallest absolute Gasteiger partial charge is 0.273 e. The van der Waals surface area contributed by atoms with Crippen LogP contribution in [0.4, 0.5) is 10.2 Å². The molecule has 6 nitrogen and oxygen atoms in total. The topological polar surface area (TPSA) is 62.2 Å². The number of rotatable bonds is 3. The zero-order valence-corrected chi connectivity index (χ0v) is 15.6. The molecule has 0 aliphatic carbocycles. The van der Waals surface area contributed by atoms with Crippen LogP contribution in [0.3, 0.4) is 0 Å². The Morgan fingerprint density at radius 3 is 2.52 bits per heavy atom. The fourth-order valence-corrected chi connectivity index (χ4v) is 3.65. The van der Waals surface area contributed by atoms with Crippen LogP contribution in [-0.4, -0.2) is 51.9 Å². The summed E-state index contributed by atoms with van der Waals surface area (Å²) in [6.07, 6.45) is 1.52. The van der Waals surface area contributed by atoms with E-state index in [9.17, 15) is 9.18 Å². The number of thiazole rings is 1. The van der Waals surface area contributed by atoms with Crippen LogP contribution >= 0.6 is 11.3 Å². The molecule has 27 heavy (non-hydrogen) atoms. The van der Waals surface area contributed by atoms with E-state index in [-0.39, 0.29) is 11.7 Å². The molecular weight excluding hydrogens is 365 g/mol. The third-order valence-corrected chi connectivity index (χ3v) is 5.30. The normalized spacial score (nSPS) is 14.4. The molecule has 1 amide bonds. The minimum atomic E-state index is -0.274. The van der Waals surface area contributed by atoms with Crippen molar-refractivity contribution in [3.63, 3.8) is 0 Å². The third-order valence-electron chi connectivity index (χ3n) is 4.52. The Balaban J connectivity index is 1.44. The highest BCUT2D eigenvalue weighted by atomic mass is 32.1. The second-order valence-corrected chi connectivity index (χ2v) is 7.36. The standard InChI is InChI=1S/C19H18FN5OS/c1-13-23-17(11-27-13)19(26)25-8-6-24(7-9-25)18-10-16(21-12-22-18)14-2-4-15(20)5-3-14/h2-5,10-12H,6-9H2,1H3. The van der Waals surface area contributed by atoms with Gasteiger partial charge in [-0.3, -0.25) is 4.79 Å². The van der Waals surface area contributed by atoms with Crippen molar-refractivity contribution in [1.82, 2.24) is 19.9 Å². The molecule has 0 bridgehead atoms. The van der Waals surface area contributed by atoms with Crippen molar-refractivity contribution in [2.75, 3.05) is 31.1 Å². The van der Waals surface area contributed by atoms with Gasteiger partial charge in [0.2, 0.25) is 0 Å². The Morgan fingerprint density at radius 2 is 1.85 bits per heavy atom. The number of hydrogen-bond acceptors (Lipinski definition) is 6. The number of hydrogen-bond donors (Lipinski definition) is 0. The fraction of sp³-hybridized carbons (Fsp3) is 0.263. The van der Waals surface area contributed by atoms with Gasteiger partial charge in [-0.1, -0.05) is 0 Å². The number of halogens is 1. The van der Waals surface area contributed by atoms with E-state index in [0.717, 1.165) is 22.1 Å². The quantitative estimate of drug-likeness (QED) is 0.696. The van der Waals surface area contributed by atoms with E-state index in [4.69, 9.17) is 0 Å². The number of anilines is 1.